The van der Waals surface area contributed by atoms with Crippen LogP contribution in [-0.2, 0) is 0 Å². The third-order valence-corrected chi connectivity index (χ3v) is 4.85. The van der Waals surface area contributed by atoms with E-state index in [1.807, 2.05) is 12.4 Å². The molecule has 0 spiro atoms. The van der Waals surface area contributed by atoms with Gasteiger partial charge in [-0.3, -0.25) is 4.98 Å². The van der Waals surface area contributed by atoms with E-state index >= 15 is 0 Å². The molecular formula is C17H27N3. The second-order valence-electron chi connectivity index (χ2n) is 6.32. The average Bonchev–Trinajstić information content (AvgIpc) is 2.78. The van der Waals surface area contributed by atoms with Crippen molar-refractivity contribution in [2.24, 2.45) is 0 Å². The minimum absolute atomic E-state index is 0.733. The molecule has 1 N–H and O–H groups in total. The Morgan fingerprint density at radius 2 is 1.45 bits per heavy atom. The van der Waals surface area contributed by atoms with Crippen molar-refractivity contribution in [3.63, 3.8) is 0 Å². The number of anilines is 1. The lowest BCUT2D eigenvalue weighted by atomic mass is 10.0. The van der Waals surface area contributed by atoms with E-state index in [1.165, 1.54) is 70.1 Å². The molecule has 2 aliphatic rings. The van der Waals surface area contributed by atoms with Gasteiger partial charge in [0.1, 0.15) is 0 Å². The monoisotopic (exact) mass is 273 g/mol. The topological polar surface area (TPSA) is 28.2 Å². The first kappa shape index (κ1) is 13.9. The van der Waals surface area contributed by atoms with Crippen LogP contribution in [0.5, 0.6) is 0 Å². The fourth-order valence-electron chi connectivity index (χ4n) is 3.64. The van der Waals surface area contributed by atoms with E-state index in [1.54, 1.807) is 0 Å². The molecule has 1 saturated heterocycles. The van der Waals surface area contributed by atoms with Gasteiger partial charge in [-0.05, 0) is 37.8 Å². The van der Waals surface area contributed by atoms with Crippen molar-refractivity contribution >= 4 is 5.69 Å². The van der Waals surface area contributed by atoms with Gasteiger partial charge < -0.3 is 10.2 Å². The van der Waals surface area contributed by atoms with Gasteiger partial charge in [-0.1, -0.05) is 25.7 Å². The molecule has 20 heavy (non-hydrogen) atoms. The summed E-state index contributed by atoms with van der Waals surface area (Å²) in [6.45, 7) is 2.35. The SMILES string of the molecule is c1cc(N2CCC(NC3CCCCCC3)CC2)ccn1. The van der Waals surface area contributed by atoms with Crippen LogP contribution in [0, 0.1) is 0 Å². The number of rotatable bonds is 3. The minimum Gasteiger partial charge on any atom is -0.371 e. The summed E-state index contributed by atoms with van der Waals surface area (Å²) in [5.41, 5.74) is 1.33. The molecule has 3 heteroatoms. The zero-order valence-corrected chi connectivity index (χ0v) is 12.4. The summed E-state index contributed by atoms with van der Waals surface area (Å²) in [7, 11) is 0. The predicted molar refractivity (Wildman–Crippen MR) is 84.1 cm³/mol. The first-order chi connectivity index (χ1) is 9.92. The Morgan fingerprint density at radius 3 is 2.10 bits per heavy atom. The van der Waals surface area contributed by atoms with E-state index in [0.29, 0.717) is 0 Å². The molecule has 1 aromatic heterocycles. The Bertz CT molecular complexity index is 376. The summed E-state index contributed by atoms with van der Waals surface area (Å²) in [6, 6.07) is 5.77. The standard InChI is InChI=1S/C17H27N3/c1-2-4-6-15(5-3-1)19-16-9-13-20(14-10-16)17-7-11-18-12-8-17/h7-8,11-12,15-16,19H,1-6,9-10,13-14H2. The second kappa shape index (κ2) is 7.07. The largest absolute Gasteiger partial charge is 0.371 e. The number of nitrogens with one attached hydrogen (secondary N) is 1. The molecule has 3 nitrogen and oxygen atoms in total. The van der Waals surface area contributed by atoms with E-state index in [4.69, 9.17) is 0 Å². The molecule has 2 fully saturated rings. The first-order valence-corrected chi connectivity index (χ1v) is 8.33. The Kier molecular flexibility index (Phi) is 4.91. The van der Waals surface area contributed by atoms with Gasteiger partial charge in [0.25, 0.3) is 0 Å². The molecule has 3 rings (SSSR count). The third kappa shape index (κ3) is 3.72. The lowest BCUT2D eigenvalue weighted by molar-refractivity contribution is 0.345. The van der Waals surface area contributed by atoms with Crippen LogP contribution in [0.1, 0.15) is 51.4 Å². The highest BCUT2D eigenvalue weighted by atomic mass is 15.1. The smallest absolute Gasteiger partial charge is 0.0397 e. The maximum absolute atomic E-state index is 4.10. The summed E-state index contributed by atoms with van der Waals surface area (Å²) in [6.07, 6.45) is 14.9. The van der Waals surface area contributed by atoms with Crippen LogP contribution in [0.25, 0.3) is 0 Å². The van der Waals surface area contributed by atoms with Crippen LogP contribution in [0.15, 0.2) is 24.5 Å². The van der Waals surface area contributed by atoms with Crippen molar-refractivity contribution in [3.8, 4) is 0 Å². The predicted octanol–water partition coefficient (Wildman–Crippen LogP) is 3.36. The average molecular weight is 273 g/mol. The minimum atomic E-state index is 0.733. The van der Waals surface area contributed by atoms with Gasteiger partial charge in [-0.15, -0.1) is 0 Å². The fourth-order valence-corrected chi connectivity index (χ4v) is 3.64. The zero-order chi connectivity index (χ0) is 13.6. The van der Waals surface area contributed by atoms with Crippen LogP contribution in [0.2, 0.25) is 0 Å². The maximum atomic E-state index is 4.10. The number of piperidine rings is 1. The Morgan fingerprint density at radius 1 is 0.850 bits per heavy atom. The van der Waals surface area contributed by atoms with Crippen LogP contribution < -0.4 is 10.2 Å². The molecule has 110 valence electrons. The lowest BCUT2D eigenvalue weighted by Gasteiger charge is -2.35. The van der Waals surface area contributed by atoms with Gasteiger partial charge in [-0.25, -0.2) is 0 Å². The molecule has 0 unspecified atom stereocenters. The Hall–Kier alpha value is -1.09. The van der Waals surface area contributed by atoms with Gasteiger partial charge in [0.15, 0.2) is 0 Å². The summed E-state index contributed by atoms with van der Waals surface area (Å²) in [5, 5.41) is 3.93. The van der Waals surface area contributed by atoms with Crippen LogP contribution in [-0.4, -0.2) is 30.2 Å². The Balaban J connectivity index is 1.46. The molecule has 1 aliphatic carbocycles. The zero-order valence-electron chi connectivity index (χ0n) is 12.4. The third-order valence-electron chi connectivity index (χ3n) is 4.85. The molecule has 1 aromatic rings. The van der Waals surface area contributed by atoms with Gasteiger partial charge in [0, 0.05) is 43.3 Å². The molecule has 0 atom stereocenters. The summed E-state index contributed by atoms with van der Waals surface area (Å²) < 4.78 is 0. The highest BCUT2D eigenvalue weighted by Crippen LogP contribution is 2.22. The number of nitrogens with zero attached hydrogens (tertiary/aromatic N) is 2. The first-order valence-electron chi connectivity index (χ1n) is 8.33. The normalized spacial score (nSPS) is 22.7. The number of hydrogen-bond donors (Lipinski definition) is 1. The molecule has 1 aliphatic heterocycles. The molecule has 0 amide bonds. The maximum Gasteiger partial charge on any atom is 0.0397 e. The van der Waals surface area contributed by atoms with Crippen molar-refractivity contribution < 1.29 is 0 Å². The second-order valence-corrected chi connectivity index (χ2v) is 6.32. The molecule has 0 aromatic carbocycles. The van der Waals surface area contributed by atoms with E-state index in [-0.39, 0.29) is 0 Å². The van der Waals surface area contributed by atoms with Crippen molar-refractivity contribution in [3.05, 3.63) is 24.5 Å². The number of pyridine rings is 1. The molecule has 0 radical (unpaired) electrons. The van der Waals surface area contributed by atoms with Gasteiger partial charge in [0.2, 0.25) is 0 Å². The summed E-state index contributed by atoms with van der Waals surface area (Å²) >= 11 is 0. The lowest BCUT2D eigenvalue weighted by Crippen LogP contribution is -2.46. The molecular weight excluding hydrogens is 246 g/mol. The van der Waals surface area contributed by atoms with Crippen LogP contribution in [0.4, 0.5) is 5.69 Å². The van der Waals surface area contributed by atoms with E-state index < -0.39 is 0 Å². The van der Waals surface area contributed by atoms with E-state index in [0.717, 1.165) is 12.1 Å². The molecule has 2 heterocycles. The van der Waals surface area contributed by atoms with Gasteiger partial charge >= 0.3 is 0 Å². The van der Waals surface area contributed by atoms with E-state index in [2.05, 4.69) is 27.3 Å². The highest BCUT2D eigenvalue weighted by molar-refractivity contribution is 5.44. The molecule has 0 bridgehead atoms. The quantitative estimate of drug-likeness (QED) is 0.856. The van der Waals surface area contributed by atoms with Crippen molar-refractivity contribution in [2.45, 2.75) is 63.5 Å². The van der Waals surface area contributed by atoms with E-state index in [9.17, 15) is 0 Å². The van der Waals surface area contributed by atoms with Crippen LogP contribution >= 0.6 is 0 Å². The highest BCUT2D eigenvalue weighted by Gasteiger charge is 2.22. The van der Waals surface area contributed by atoms with Crippen molar-refractivity contribution in [2.75, 3.05) is 18.0 Å². The van der Waals surface area contributed by atoms with Gasteiger partial charge in [0.05, 0.1) is 0 Å². The van der Waals surface area contributed by atoms with Crippen LogP contribution in [0.3, 0.4) is 0 Å². The number of hydrogen-bond acceptors (Lipinski definition) is 3. The number of aromatic nitrogens is 1. The van der Waals surface area contributed by atoms with Crippen molar-refractivity contribution in [1.29, 1.82) is 0 Å². The summed E-state index contributed by atoms with van der Waals surface area (Å²) in [4.78, 5) is 6.60. The van der Waals surface area contributed by atoms with Crippen molar-refractivity contribution in [1.82, 2.24) is 10.3 Å². The Labute approximate surface area is 122 Å². The van der Waals surface area contributed by atoms with Gasteiger partial charge in [-0.2, -0.15) is 0 Å². The summed E-state index contributed by atoms with van der Waals surface area (Å²) in [5.74, 6) is 0. The molecule has 1 saturated carbocycles. The fraction of sp³-hybridized carbons (Fsp3) is 0.706.